The fraction of sp³-hybridized carbons (Fsp3) is 0.250. The average molecular weight is 317 g/mol. The van der Waals surface area contributed by atoms with Crippen LogP contribution in [0.1, 0.15) is 17.0 Å². The van der Waals surface area contributed by atoms with E-state index in [1.54, 1.807) is 0 Å². The van der Waals surface area contributed by atoms with E-state index in [-0.39, 0.29) is 12.4 Å². The number of nitrogen functional groups attached to an aromatic ring is 1. The van der Waals surface area contributed by atoms with Crippen molar-refractivity contribution in [3.05, 3.63) is 45.7 Å². The molecule has 0 aliphatic carbocycles. The second-order valence-electron chi connectivity index (χ2n) is 3.87. The molecule has 5 heteroatoms. The fourth-order valence-electron chi connectivity index (χ4n) is 1.63. The summed E-state index contributed by atoms with van der Waals surface area (Å²) in [4.78, 5) is 0. The number of nitrogens with two attached hydrogens (primary N) is 1. The van der Waals surface area contributed by atoms with Gasteiger partial charge in [-0.05, 0) is 31.5 Å². The summed E-state index contributed by atoms with van der Waals surface area (Å²) in [5.41, 5.74) is 9.82. The van der Waals surface area contributed by atoms with Crippen LogP contribution in [0.3, 0.4) is 0 Å². The molecule has 2 rings (SSSR count). The molecule has 0 radical (unpaired) electrons. The van der Waals surface area contributed by atoms with E-state index in [4.69, 9.17) is 5.73 Å². The van der Waals surface area contributed by atoms with Gasteiger partial charge in [0.1, 0.15) is 0 Å². The van der Waals surface area contributed by atoms with Gasteiger partial charge in [0.15, 0.2) is 0 Å². The van der Waals surface area contributed by atoms with Gasteiger partial charge in [0.25, 0.3) is 0 Å². The topological polar surface area (TPSA) is 43.8 Å². The largest absolute Gasteiger partial charge is 0.396 e. The highest BCUT2D eigenvalue weighted by atomic mass is 79.9. The lowest BCUT2D eigenvalue weighted by Gasteiger charge is -2.04. The van der Waals surface area contributed by atoms with Crippen LogP contribution < -0.4 is 5.73 Å². The van der Waals surface area contributed by atoms with Crippen molar-refractivity contribution in [2.45, 2.75) is 20.4 Å². The molecule has 0 aliphatic heterocycles. The van der Waals surface area contributed by atoms with Crippen molar-refractivity contribution in [1.29, 1.82) is 0 Å². The zero-order valence-electron chi connectivity index (χ0n) is 9.77. The van der Waals surface area contributed by atoms with Crippen LogP contribution in [0.15, 0.2) is 28.7 Å². The highest BCUT2D eigenvalue weighted by Gasteiger charge is 2.07. The molecule has 17 heavy (non-hydrogen) atoms. The summed E-state index contributed by atoms with van der Waals surface area (Å²) in [6.07, 6.45) is 0. The molecule has 92 valence electrons. The quantitative estimate of drug-likeness (QED) is 0.923. The predicted molar refractivity (Wildman–Crippen MR) is 76.6 cm³/mol. The lowest BCUT2D eigenvalue weighted by molar-refractivity contribution is 0.659. The van der Waals surface area contributed by atoms with Crippen LogP contribution in [-0.2, 0) is 6.54 Å². The number of hydrogen-bond acceptors (Lipinski definition) is 2. The Labute approximate surface area is 116 Å². The number of hydrogen-bond donors (Lipinski definition) is 1. The third-order valence-corrected chi connectivity index (χ3v) is 3.21. The maximum Gasteiger partial charge on any atom is 0.0826 e. The lowest BCUT2D eigenvalue weighted by atomic mass is 10.2. The molecule has 1 aromatic carbocycles. The van der Waals surface area contributed by atoms with Gasteiger partial charge in [-0.3, -0.25) is 4.68 Å². The number of anilines is 1. The molecule has 0 saturated carbocycles. The molecule has 2 N–H and O–H groups in total. The van der Waals surface area contributed by atoms with Crippen molar-refractivity contribution < 1.29 is 0 Å². The maximum atomic E-state index is 5.89. The van der Waals surface area contributed by atoms with E-state index in [1.807, 2.05) is 30.7 Å². The molecule has 1 aromatic heterocycles. The van der Waals surface area contributed by atoms with Crippen molar-refractivity contribution in [1.82, 2.24) is 9.78 Å². The van der Waals surface area contributed by atoms with Crippen LogP contribution in [0.2, 0.25) is 0 Å². The minimum atomic E-state index is 0. The van der Waals surface area contributed by atoms with Crippen LogP contribution in [0.25, 0.3) is 0 Å². The van der Waals surface area contributed by atoms with E-state index in [9.17, 15) is 0 Å². The summed E-state index contributed by atoms with van der Waals surface area (Å²) in [5.74, 6) is 0. The molecule has 0 atom stereocenters. The van der Waals surface area contributed by atoms with Gasteiger partial charge in [0.05, 0.1) is 23.6 Å². The number of nitrogens with zero attached hydrogens (tertiary/aromatic N) is 2. The first-order valence-electron chi connectivity index (χ1n) is 5.12. The van der Waals surface area contributed by atoms with E-state index in [2.05, 4.69) is 33.2 Å². The number of aromatic nitrogens is 2. The van der Waals surface area contributed by atoms with E-state index < -0.39 is 0 Å². The minimum Gasteiger partial charge on any atom is -0.396 e. The van der Waals surface area contributed by atoms with Crippen molar-refractivity contribution in [3.63, 3.8) is 0 Å². The second kappa shape index (κ2) is 5.56. The summed E-state index contributed by atoms with van der Waals surface area (Å²) < 4.78 is 3.03. The highest BCUT2D eigenvalue weighted by Crippen LogP contribution is 2.17. The van der Waals surface area contributed by atoms with Gasteiger partial charge in [0, 0.05) is 4.47 Å². The van der Waals surface area contributed by atoms with Crippen LogP contribution >= 0.6 is 28.3 Å². The molecular weight excluding hydrogens is 302 g/mol. The Balaban J connectivity index is 0.00000144. The third kappa shape index (κ3) is 3.01. The average Bonchev–Trinajstić information content (AvgIpc) is 2.50. The molecular formula is C12H15BrClN3. The summed E-state index contributed by atoms with van der Waals surface area (Å²) in [5, 5.41) is 4.41. The Morgan fingerprint density at radius 1 is 1.24 bits per heavy atom. The van der Waals surface area contributed by atoms with Crippen molar-refractivity contribution in [3.8, 4) is 0 Å². The molecule has 0 saturated heterocycles. The summed E-state index contributed by atoms with van der Waals surface area (Å²) in [6, 6.07) is 8.22. The fourth-order valence-corrected chi connectivity index (χ4v) is 1.89. The molecule has 2 aromatic rings. The first kappa shape index (κ1) is 14.1. The highest BCUT2D eigenvalue weighted by molar-refractivity contribution is 9.10. The smallest absolute Gasteiger partial charge is 0.0826 e. The Kier molecular flexibility index (Phi) is 4.60. The van der Waals surface area contributed by atoms with Crippen molar-refractivity contribution in [2.75, 3.05) is 5.73 Å². The maximum absolute atomic E-state index is 5.89. The van der Waals surface area contributed by atoms with Crippen LogP contribution in [0.4, 0.5) is 5.69 Å². The minimum absolute atomic E-state index is 0. The van der Waals surface area contributed by atoms with Crippen LogP contribution in [0, 0.1) is 13.8 Å². The van der Waals surface area contributed by atoms with Gasteiger partial charge in [-0.2, -0.15) is 5.10 Å². The number of halogens is 2. The van der Waals surface area contributed by atoms with Gasteiger partial charge < -0.3 is 5.73 Å². The number of rotatable bonds is 2. The van der Waals surface area contributed by atoms with E-state index in [0.717, 1.165) is 28.1 Å². The monoisotopic (exact) mass is 315 g/mol. The standard InChI is InChI=1S/C12H14BrN3.ClH/c1-8-12(14)9(2)16(15-8)7-10-3-5-11(13)6-4-10;/h3-6H,7,14H2,1-2H3;1H. The van der Waals surface area contributed by atoms with Crippen LogP contribution in [0.5, 0.6) is 0 Å². The molecule has 0 aliphatic rings. The van der Waals surface area contributed by atoms with E-state index in [0.29, 0.717) is 0 Å². The predicted octanol–water partition coefficient (Wildman–Crippen LogP) is 3.31. The zero-order valence-corrected chi connectivity index (χ0v) is 12.2. The van der Waals surface area contributed by atoms with Crippen LogP contribution in [-0.4, -0.2) is 9.78 Å². The van der Waals surface area contributed by atoms with Gasteiger partial charge in [-0.25, -0.2) is 0 Å². The molecule has 0 unspecified atom stereocenters. The lowest BCUT2D eigenvalue weighted by Crippen LogP contribution is -2.04. The van der Waals surface area contributed by atoms with Gasteiger partial charge in [-0.15, -0.1) is 12.4 Å². The third-order valence-electron chi connectivity index (χ3n) is 2.68. The second-order valence-corrected chi connectivity index (χ2v) is 4.78. The normalized spacial score (nSPS) is 10.1. The summed E-state index contributed by atoms with van der Waals surface area (Å²) in [7, 11) is 0. The number of aryl methyl sites for hydroxylation is 1. The Morgan fingerprint density at radius 3 is 2.29 bits per heavy atom. The molecule has 0 spiro atoms. The molecule has 0 amide bonds. The Bertz CT molecular complexity index is 505. The zero-order chi connectivity index (χ0) is 11.7. The van der Waals surface area contributed by atoms with Gasteiger partial charge in [-0.1, -0.05) is 28.1 Å². The molecule has 0 fully saturated rings. The van der Waals surface area contributed by atoms with Crippen molar-refractivity contribution >= 4 is 34.0 Å². The molecule has 0 bridgehead atoms. The molecule has 1 heterocycles. The van der Waals surface area contributed by atoms with E-state index in [1.165, 1.54) is 5.56 Å². The Hall–Kier alpha value is -1.00. The Morgan fingerprint density at radius 2 is 1.82 bits per heavy atom. The summed E-state index contributed by atoms with van der Waals surface area (Å²) in [6.45, 7) is 4.69. The molecule has 3 nitrogen and oxygen atoms in total. The van der Waals surface area contributed by atoms with Gasteiger partial charge in [0.2, 0.25) is 0 Å². The first-order chi connectivity index (χ1) is 7.58. The SMILES string of the molecule is Cc1nn(Cc2ccc(Br)cc2)c(C)c1N.Cl. The van der Waals surface area contributed by atoms with Crippen molar-refractivity contribution in [2.24, 2.45) is 0 Å². The summed E-state index contributed by atoms with van der Waals surface area (Å²) >= 11 is 3.42. The van der Waals surface area contributed by atoms with E-state index >= 15 is 0 Å². The van der Waals surface area contributed by atoms with Gasteiger partial charge >= 0.3 is 0 Å². The number of benzene rings is 1. The first-order valence-corrected chi connectivity index (χ1v) is 5.91.